The summed E-state index contributed by atoms with van der Waals surface area (Å²) in [5, 5.41) is 138. The van der Waals surface area contributed by atoms with Crippen LogP contribution in [0.3, 0.4) is 0 Å². The molecular weight excluding hydrogens is 1470 g/mol. The number of aromatic hydroxyl groups is 3. The van der Waals surface area contributed by atoms with Crippen LogP contribution in [-0.4, -0.2) is 216 Å². The first-order valence-electron chi connectivity index (χ1n) is 33.4. The van der Waals surface area contributed by atoms with E-state index in [2.05, 4.69) is 47.5 Å². The predicted molar refractivity (Wildman–Crippen MR) is 372 cm³/mol. The van der Waals surface area contributed by atoms with Crippen molar-refractivity contribution in [1.82, 2.24) is 42.7 Å². The van der Waals surface area contributed by atoms with E-state index in [1.165, 1.54) is 40.1 Å². The van der Waals surface area contributed by atoms with Gasteiger partial charge in [-0.15, -0.1) is 0 Å². The molecule has 7 aliphatic rings. The molecule has 37 nitrogen and oxygen atoms in total. The van der Waals surface area contributed by atoms with Gasteiger partial charge in [0.1, 0.15) is 96.0 Å². The maximum atomic E-state index is 16.0. The van der Waals surface area contributed by atoms with Crippen LogP contribution in [0.5, 0.6) is 46.0 Å². The average Bonchev–Trinajstić information content (AvgIpc) is 0.768. The summed E-state index contributed by atoms with van der Waals surface area (Å²) in [6.07, 6.45) is -18.6. The maximum Gasteiger partial charge on any atom is 0.330 e. The van der Waals surface area contributed by atoms with E-state index in [0.717, 1.165) is 66.7 Å². The Morgan fingerprint density at radius 3 is 1.87 bits per heavy atom. The summed E-state index contributed by atoms with van der Waals surface area (Å²) < 4.78 is 38.3. The third kappa shape index (κ3) is 18.6. The first kappa shape index (κ1) is 82.3. The number of aliphatic hydroxyl groups excluding tert-OH is 6. The number of carboxylic acids is 2. The van der Waals surface area contributed by atoms with Crippen LogP contribution in [-0.2, 0) is 62.2 Å². The molecule has 0 radical (unpaired) electrons. The maximum absolute atomic E-state index is 16.0. The molecule has 1 unspecified atom stereocenters. The molecule has 2 fully saturated rings. The summed E-state index contributed by atoms with van der Waals surface area (Å²) in [5.74, 6) is -16.9. The molecule has 5 aromatic rings. The first-order valence-corrected chi connectivity index (χ1v) is 34.1. The zero-order chi connectivity index (χ0) is 79.2. The fraction of sp³-hybridized carbons (Fsp3) is 0.435. The summed E-state index contributed by atoms with van der Waals surface area (Å²) in [6.45, 7) is 5.50. The van der Waals surface area contributed by atoms with Crippen molar-refractivity contribution in [3.8, 4) is 57.1 Å². The topological polar surface area (TPSA) is 589 Å². The number of aliphatic carboxylic acids is 2. The van der Waals surface area contributed by atoms with E-state index in [1.807, 2.05) is 13.8 Å². The van der Waals surface area contributed by atoms with Gasteiger partial charge in [0.15, 0.2) is 29.9 Å². The number of hydrogen-bond acceptors (Lipinski definition) is 28. The van der Waals surface area contributed by atoms with E-state index in [0.29, 0.717) is 0 Å². The zero-order valence-corrected chi connectivity index (χ0v) is 59.8. The van der Waals surface area contributed by atoms with Gasteiger partial charge in [-0.1, -0.05) is 55.2 Å². The van der Waals surface area contributed by atoms with Crippen molar-refractivity contribution >= 4 is 76.5 Å². The Hall–Kier alpha value is -9.81. The lowest BCUT2D eigenvalue weighted by atomic mass is 9.86. The van der Waals surface area contributed by atoms with Gasteiger partial charge < -0.3 is 138 Å². The van der Waals surface area contributed by atoms with Crippen molar-refractivity contribution in [3.05, 3.63) is 117 Å². The van der Waals surface area contributed by atoms with Gasteiger partial charge in [-0.25, -0.2) is 4.79 Å². The molecule has 7 aliphatic heterocycles. The number of halogens is 2. The highest BCUT2D eigenvalue weighted by molar-refractivity contribution is 6.32. The van der Waals surface area contributed by atoms with E-state index in [1.54, 1.807) is 0 Å². The number of nitrogens with two attached hydrogens (primary N) is 2. The molecule has 584 valence electrons. The number of carboxylic acid groups (broad SMARTS) is 2. The lowest BCUT2D eigenvalue weighted by molar-refractivity contribution is -0.333. The fourth-order valence-corrected chi connectivity index (χ4v) is 13.1. The van der Waals surface area contributed by atoms with Crippen molar-refractivity contribution in [2.45, 2.75) is 156 Å². The molecule has 7 heterocycles. The second-order valence-electron chi connectivity index (χ2n) is 26.6. The van der Waals surface area contributed by atoms with Gasteiger partial charge in [0, 0.05) is 34.7 Å². The van der Waals surface area contributed by atoms with Gasteiger partial charge in [-0.3, -0.25) is 38.4 Å². The summed E-state index contributed by atoms with van der Waals surface area (Å²) in [4.78, 5) is 131. The minimum Gasteiger partial charge on any atom is -0.508 e. The number of nitrogens with one attached hydrogen (secondary N) is 8. The lowest BCUT2D eigenvalue weighted by Gasteiger charge is -2.47. The summed E-state index contributed by atoms with van der Waals surface area (Å²) in [6, 6.07) is -0.679. The van der Waals surface area contributed by atoms with E-state index in [-0.39, 0.29) is 52.8 Å². The van der Waals surface area contributed by atoms with Gasteiger partial charge in [0.05, 0.1) is 48.4 Å². The molecule has 39 heteroatoms. The van der Waals surface area contributed by atoms with Crippen LogP contribution in [0.2, 0.25) is 10.0 Å². The number of phenols is 3. The third-order valence-corrected chi connectivity index (χ3v) is 18.7. The van der Waals surface area contributed by atoms with Crippen molar-refractivity contribution < 1.29 is 133 Å². The Kier molecular flexibility index (Phi) is 26.4. The molecule has 0 spiro atoms. The second kappa shape index (κ2) is 34.6. The van der Waals surface area contributed by atoms with Crippen molar-refractivity contribution in [2.24, 2.45) is 17.4 Å². The number of benzene rings is 5. The van der Waals surface area contributed by atoms with E-state index in [4.69, 9.17) is 68.2 Å². The van der Waals surface area contributed by atoms with Crippen LogP contribution in [0.4, 0.5) is 0 Å². The molecule has 11 bridgehead atoms. The van der Waals surface area contributed by atoms with Crippen molar-refractivity contribution in [3.63, 3.8) is 0 Å². The van der Waals surface area contributed by atoms with Gasteiger partial charge in [0.25, 0.3) is 0 Å². The second-order valence-corrected chi connectivity index (χ2v) is 27.4. The number of carbonyl (C=O) groups is 9. The number of hydrogen-bond donors (Lipinski definition) is 21. The number of aliphatic hydroxyl groups is 6. The molecule has 0 aliphatic carbocycles. The van der Waals surface area contributed by atoms with Crippen molar-refractivity contribution in [1.29, 1.82) is 0 Å². The molecule has 0 saturated carbocycles. The van der Waals surface area contributed by atoms with Crippen LogP contribution in [0.1, 0.15) is 105 Å². The quantitative estimate of drug-likeness (QED) is 0.0545. The smallest absolute Gasteiger partial charge is 0.330 e. The Morgan fingerprint density at radius 1 is 0.713 bits per heavy atom. The normalized spacial score (nSPS) is 28.1. The molecule has 12 rings (SSSR count). The Morgan fingerprint density at radius 2 is 1.31 bits per heavy atom. The number of fused-ring (bicyclic) bond motifs is 15. The highest BCUT2D eigenvalue weighted by Gasteiger charge is 2.52. The number of rotatable bonds is 16. The van der Waals surface area contributed by atoms with Gasteiger partial charge in [-0.05, 0) is 110 Å². The molecular formula is C69H82Cl2N10O27. The number of carbonyl (C=O) groups excluding carboxylic acids is 7. The summed E-state index contributed by atoms with van der Waals surface area (Å²) in [5.41, 5.74) is 10.2. The number of amides is 7. The number of phenolic OH excluding ortho intramolecular Hbond substituents is 3. The highest BCUT2D eigenvalue weighted by Crippen LogP contribution is 2.50. The van der Waals surface area contributed by atoms with Crippen LogP contribution >= 0.6 is 23.2 Å². The molecule has 108 heavy (non-hydrogen) atoms. The largest absolute Gasteiger partial charge is 0.508 e. The van der Waals surface area contributed by atoms with Gasteiger partial charge in [-0.2, -0.15) is 5.48 Å². The lowest BCUT2D eigenvalue weighted by Crippen LogP contribution is -2.64. The number of likely N-dealkylation sites (N-methyl/N-ethyl adjacent to an activating group) is 1. The summed E-state index contributed by atoms with van der Waals surface area (Å²) in [7, 11) is 2.84. The number of ether oxygens (including phenoxy) is 6. The van der Waals surface area contributed by atoms with Gasteiger partial charge in [0.2, 0.25) is 53.4 Å². The Bertz CT molecular complexity index is 4250. The molecule has 7 amide bonds. The SMILES string of the molecule is CN[C@H](CC(C)C)C(=O)N[C@H]1C(=O)N[C@@H](CC(N)=O)C(=O)N[C@H]2C(=O)N[C@H]3C(=O)N[C@H](C(=O)N[C@@H](C(=O)O)c4cc(O)cc(O)c4-c4cc3ccc4O)[C@H](O)c3ccc(c(Cl)c3)Oc3cc2cc(c3O[C@@H]2O[C@H](CO)[C@@H](O)[C@H](O)[C@H]2O[C@H]2C[C@](C)(N)C(O)[C@H](C)O2)Oc2ccc(cc2Cl)[C@H]1O.CONCC(=O)O. The monoisotopic (exact) mass is 1550 g/mol. The van der Waals surface area contributed by atoms with E-state index >= 15 is 14.4 Å². The van der Waals surface area contributed by atoms with Crippen molar-refractivity contribution in [2.75, 3.05) is 27.3 Å². The molecule has 23 N–H and O–H groups in total. The van der Waals surface area contributed by atoms with Crippen LogP contribution in [0.15, 0.2) is 78.9 Å². The number of primary amides is 1. The highest BCUT2D eigenvalue weighted by atomic mass is 35.5. The van der Waals surface area contributed by atoms with Crippen LogP contribution in [0, 0.1) is 5.92 Å². The minimum atomic E-state index is -2.35. The Labute approximate surface area is 623 Å². The van der Waals surface area contributed by atoms with Crippen LogP contribution in [0.25, 0.3) is 11.1 Å². The van der Waals surface area contributed by atoms with E-state index < -0.39 is 243 Å². The molecule has 2 saturated heterocycles. The first-order chi connectivity index (χ1) is 50.9. The zero-order valence-electron chi connectivity index (χ0n) is 58.3. The fourth-order valence-electron chi connectivity index (χ4n) is 12.6. The minimum absolute atomic E-state index is 0.0975. The molecule has 0 aromatic heterocycles. The molecule has 5 aromatic carbocycles. The number of hydroxylamine groups is 1. The summed E-state index contributed by atoms with van der Waals surface area (Å²) >= 11 is 14.1. The van der Waals surface area contributed by atoms with E-state index in [9.17, 15) is 79.8 Å². The predicted octanol–water partition coefficient (Wildman–Crippen LogP) is -0.672. The average molecular weight is 1550 g/mol. The van der Waals surface area contributed by atoms with Gasteiger partial charge >= 0.3 is 11.9 Å². The van der Waals surface area contributed by atoms with Crippen LogP contribution < -0.4 is 68.4 Å². The standard InChI is InChI=1S/C66H75Cl2N9O24.C3H7NO3/c1-23(2)12-34(71-5)58(88)76-49-51(83)26-7-10-38(32(67)14-26)97-40-16-28-17-41(55(40)101-65-56(54(86)53(85)42(22-78)99-65)100-44-21-66(4,70)57(87)24(3)96-44)98-39-11-8-27(15-33(39)68)52(84)50-63(93)75-48(64(94)95)31-18-29(79)19-37(81)45(31)30-13-25(6-9-36(30)80)46(60(90)77-50)74-61(91)47(28)73-59(89)35(20-43(69)82)72-62(49)92;1-7-4-2-3(5)6/h6-11,13-19,23-24,34-35,42,44,46-54,56-57,65,71,78-81,83-87H,12,20-22,70H2,1-5H3,(H2,69,82)(H,72,92)(H,73,89)(H,74,91)(H,75,93)(H,76,88)(H,77,90)(H,94,95);4H,2H2,1H3,(H,5,6)/t24-,34+,35-,42+,44-,46+,47+,48+,49+,50-,51+,52+,53+,54-,56+,57?,65-,66-;/m0./s1. The Balaban J connectivity index is 0.00000183. The third-order valence-electron chi connectivity index (χ3n) is 18.1. The molecule has 18 atom stereocenters.